The van der Waals surface area contributed by atoms with Gasteiger partial charge in [-0.25, -0.2) is 0 Å². The molecule has 104 valence electrons. The van der Waals surface area contributed by atoms with E-state index in [2.05, 4.69) is 5.32 Å². The van der Waals surface area contributed by atoms with Gasteiger partial charge in [0.25, 0.3) is 0 Å². The van der Waals surface area contributed by atoms with Crippen molar-refractivity contribution in [1.29, 1.82) is 0 Å². The number of carbonyl (C=O) groups excluding carboxylic acids is 1. The van der Waals surface area contributed by atoms with Crippen molar-refractivity contribution in [2.75, 3.05) is 31.6 Å². The molecule has 1 amide bonds. The van der Waals surface area contributed by atoms with Crippen LogP contribution in [-0.2, 0) is 4.79 Å². The van der Waals surface area contributed by atoms with E-state index in [-0.39, 0.29) is 12.0 Å². The van der Waals surface area contributed by atoms with E-state index in [0.717, 1.165) is 13.0 Å². The molecule has 1 saturated heterocycles. The molecule has 0 unspecified atom stereocenters. The average molecular weight is 264 g/mol. The number of β-amino-alcohol motifs (C(OH)–C–C–N with tert-alkyl or cyclic N) is 1. The molecule has 0 spiro atoms. The van der Waals surface area contributed by atoms with Crippen molar-refractivity contribution in [2.24, 2.45) is 0 Å². The molecular weight excluding hydrogens is 244 g/mol. The van der Waals surface area contributed by atoms with Crippen LogP contribution in [0.15, 0.2) is 24.3 Å². The number of nitrogens with zero attached hydrogens (tertiary/aromatic N) is 1. The van der Waals surface area contributed by atoms with Crippen molar-refractivity contribution in [2.45, 2.75) is 19.4 Å². The summed E-state index contributed by atoms with van der Waals surface area (Å²) in [6.07, 6.45) is 0.437. The quantitative estimate of drug-likeness (QED) is 0.835. The summed E-state index contributed by atoms with van der Waals surface area (Å²) in [5.74, 6) is 0.598. The summed E-state index contributed by atoms with van der Waals surface area (Å²) in [5, 5.41) is 12.3. The van der Waals surface area contributed by atoms with Crippen LogP contribution in [0.2, 0.25) is 0 Å². The molecule has 0 aromatic heterocycles. The minimum atomic E-state index is -0.302. The lowest BCUT2D eigenvalue weighted by molar-refractivity contribution is -0.117. The minimum absolute atomic E-state index is 0.0822. The Kier molecular flexibility index (Phi) is 4.76. The molecule has 1 atom stereocenters. The fourth-order valence-electron chi connectivity index (χ4n) is 2.20. The standard InChI is InChI=1S/C14H20N2O3/c1-2-19-13-6-4-3-5-12(13)15-14(18)10-16-8-7-11(17)9-16/h3-6,11,17H,2,7-10H2,1H3,(H,15,18)/t11-/m0/s1. The lowest BCUT2D eigenvalue weighted by atomic mass is 10.3. The van der Waals surface area contributed by atoms with E-state index in [1.807, 2.05) is 36.1 Å². The lowest BCUT2D eigenvalue weighted by Crippen LogP contribution is -2.32. The van der Waals surface area contributed by atoms with E-state index in [1.165, 1.54) is 0 Å². The molecule has 5 heteroatoms. The van der Waals surface area contributed by atoms with Gasteiger partial charge >= 0.3 is 0 Å². The number of hydrogen-bond donors (Lipinski definition) is 2. The van der Waals surface area contributed by atoms with Crippen LogP contribution >= 0.6 is 0 Å². The van der Waals surface area contributed by atoms with Crippen LogP contribution in [0, 0.1) is 0 Å². The van der Waals surface area contributed by atoms with Gasteiger partial charge in [0.05, 0.1) is 24.9 Å². The molecule has 1 aliphatic heterocycles. The Morgan fingerprint density at radius 1 is 1.53 bits per heavy atom. The van der Waals surface area contributed by atoms with Gasteiger partial charge in [-0.15, -0.1) is 0 Å². The number of ether oxygens (including phenoxy) is 1. The van der Waals surface area contributed by atoms with Crippen LogP contribution < -0.4 is 10.1 Å². The number of amides is 1. The molecule has 2 N–H and O–H groups in total. The molecule has 19 heavy (non-hydrogen) atoms. The maximum absolute atomic E-state index is 11.9. The summed E-state index contributed by atoms with van der Waals surface area (Å²) in [5.41, 5.74) is 0.689. The first-order valence-corrected chi connectivity index (χ1v) is 6.61. The second-order valence-electron chi connectivity index (χ2n) is 4.65. The minimum Gasteiger partial charge on any atom is -0.492 e. The number of nitrogens with one attached hydrogen (secondary N) is 1. The molecule has 0 saturated carbocycles. The van der Waals surface area contributed by atoms with Gasteiger partial charge in [-0.3, -0.25) is 9.69 Å². The molecule has 1 fully saturated rings. The zero-order valence-corrected chi connectivity index (χ0v) is 11.1. The summed E-state index contributed by atoms with van der Waals surface area (Å²) >= 11 is 0. The summed E-state index contributed by atoms with van der Waals surface area (Å²) in [4.78, 5) is 13.9. The van der Waals surface area contributed by atoms with Crippen molar-refractivity contribution < 1.29 is 14.6 Å². The zero-order chi connectivity index (χ0) is 13.7. The van der Waals surface area contributed by atoms with Crippen LogP contribution in [0.25, 0.3) is 0 Å². The van der Waals surface area contributed by atoms with Crippen LogP contribution in [0.3, 0.4) is 0 Å². The first-order chi connectivity index (χ1) is 9.19. The van der Waals surface area contributed by atoms with Gasteiger partial charge in [0.15, 0.2) is 0 Å². The Labute approximate surface area is 113 Å². The number of benzene rings is 1. The first-order valence-electron chi connectivity index (χ1n) is 6.61. The normalized spacial score (nSPS) is 19.4. The molecule has 1 aromatic rings. The van der Waals surface area contributed by atoms with E-state index in [9.17, 15) is 9.90 Å². The van der Waals surface area contributed by atoms with Crippen molar-refractivity contribution in [1.82, 2.24) is 4.90 Å². The van der Waals surface area contributed by atoms with Crippen LogP contribution in [0.5, 0.6) is 5.75 Å². The van der Waals surface area contributed by atoms with E-state index < -0.39 is 0 Å². The highest BCUT2D eigenvalue weighted by molar-refractivity contribution is 5.93. The maximum Gasteiger partial charge on any atom is 0.238 e. The number of hydrogen-bond acceptors (Lipinski definition) is 4. The monoisotopic (exact) mass is 264 g/mol. The highest BCUT2D eigenvalue weighted by Gasteiger charge is 2.22. The van der Waals surface area contributed by atoms with E-state index in [1.54, 1.807) is 0 Å². The van der Waals surface area contributed by atoms with E-state index >= 15 is 0 Å². The van der Waals surface area contributed by atoms with E-state index in [0.29, 0.717) is 31.1 Å². The second kappa shape index (κ2) is 6.54. The molecule has 1 aliphatic rings. The number of likely N-dealkylation sites (tertiary alicyclic amines) is 1. The zero-order valence-electron chi connectivity index (χ0n) is 11.1. The van der Waals surface area contributed by atoms with Gasteiger partial charge in [0, 0.05) is 13.1 Å². The largest absolute Gasteiger partial charge is 0.492 e. The number of anilines is 1. The average Bonchev–Trinajstić information content (AvgIpc) is 2.77. The molecule has 2 rings (SSSR count). The van der Waals surface area contributed by atoms with Crippen molar-refractivity contribution in [3.63, 3.8) is 0 Å². The number of carbonyl (C=O) groups is 1. The molecule has 1 heterocycles. The molecule has 0 bridgehead atoms. The third-order valence-electron chi connectivity index (χ3n) is 3.08. The Morgan fingerprint density at radius 3 is 3.00 bits per heavy atom. The topological polar surface area (TPSA) is 61.8 Å². The second-order valence-corrected chi connectivity index (χ2v) is 4.65. The van der Waals surface area contributed by atoms with Gasteiger partial charge < -0.3 is 15.2 Å². The third kappa shape index (κ3) is 3.94. The SMILES string of the molecule is CCOc1ccccc1NC(=O)CN1CC[C@H](O)C1. The molecule has 0 radical (unpaired) electrons. The summed E-state index contributed by atoms with van der Waals surface area (Å²) < 4.78 is 5.46. The lowest BCUT2D eigenvalue weighted by Gasteiger charge is -2.16. The smallest absolute Gasteiger partial charge is 0.238 e. The number of para-hydroxylation sites is 2. The predicted molar refractivity (Wildman–Crippen MR) is 73.3 cm³/mol. The van der Waals surface area contributed by atoms with Gasteiger partial charge in [0.1, 0.15) is 5.75 Å². The third-order valence-corrected chi connectivity index (χ3v) is 3.08. The Balaban J connectivity index is 1.91. The van der Waals surface area contributed by atoms with Gasteiger partial charge in [-0.2, -0.15) is 0 Å². The van der Waals surface area contributed by atoms with Gasteiger partial charge in [-0.05, 0) is 25.5 Å². The molecule has 5 nitrogen and oxygen atoms in total. The number of rotatable bonds is 5. The summed E-state index contributed by atoms with van der Waals surface area (Å²) in [7, 11) is 0. The number of aliphatic hydroxyl groups is 1. The first kappa shape index (κ1) is 13.8. The summed E-state index contributed by atoms with van der Waals surface area (Å²) in [6.45, 7) is 4.11. The predicted octanol–water partition coefficient (Wildman–Crippen LogP) is 1.09. The molecule has 0 aliphatic carbocycles. The fourth-order valence-corrected chi connectivity index (χ4v) is 2.20. The highest BCUT2D eigenvalue weighted by atomic mass is 16.5. The highest BCUT2D eigenvalue weighted by Crippen LogP contribution is 2.23. The maximum atomic E-state index is 11.9. The molecule has 1 aromatic carbocycles. The summed E-state index contributed by atoms with van der Waals surface area (Å²) in [6, 6.07) is 7.38. The van der Waals surface area contributed by atoms with Crippen molar-refractivity contribution in [3.05, 3.63) is 24.3 Å². The van der Waals surface area contributed by atoms with Gasteiger partial charge in [0.2, 0.25) is 5.91 Å². The van der Waals surface area contributed by atoms with E-state index in [4.69, 9.17) is 4.74 Å². The Bertz CT molecular complexity index is 436. The fraction of sp³-hybridized carbons (Fsp3) is 0.500. The van der Waals surface area contributed by atoms with Crippen LogP contribution in [0.1, 0.15) is 13.3 Å². The van der Waals surface area contributed by atoms with Crippen LogP contribution in [0.4, 0.5) is 5.69 Å². The molecular formula is C14H20N2O3. The number of aliphatic hydroxyl groups excluding tert-OH is 1. The van der Waals surface area contributed by atoms with Crippen molar-refractivity contribution >= 4 is 11.6 Å². The van der Waals surface area contributed by atoms with Gasteiger partial charge in [-0.1, -0.05) is 12.1 Å². The Morgan fingerprint density at radius 2 is 2.32 bits per heavy atom. The van der Waals surface area contributed by atoms with Crippen molar-refractivity contribution in [3.8, 4) is 5.75 Å². The Hall–Kier alpha value is -1.59. The van der Waals surface area contributed by atoms with Crippen LogP contribution in [-0.4, -0.2) is 48.3 Å².